The second-order valence-electron chi connectivity index (χ2n) is 16.4. The van der Waals surface area contributed by atoms with Gasteiger partial charge >= 0.3 is 0 Å². The molecule has 0 aliphatic carbocycles. The van der Waals surface area contributed by atoms with Crippen LogP contribution in [0.5, 0.6) is 0 Å². The van der Waals surface area contributed by atoms with E-state index in [-0.39, 0.29) is 0 Å². The van der Waals surface area contributed by atoms with Crippen molar-refractivity contribution in [2.45, 2.75) is 0 Å². The van der Waals surface area contributed by atoms with Crippen LogP contribution in [0.1, 0.15) is 0 Å². The molecule has 5 nitrogen and oxygen atoms in total. The molecule has 0 saturated carbocycles. The van der Waals surface area contributed by atoms with Gasteiger partial charge in [-0.05, 0) is 68.7 Å². The first-order chi connectivity index (χ1) is 31.7. The van der Waals surface area contributed by atoms with E-state index in [1.54, 1.807) is 0 Å². The highest BCUT2D eigenvalue weighted by Crippen LogP contribution is 2.43. The van der Waals surface area contributed by atoms with Gasteiger partial charge in [-0.3, -0.25) is 0 Å². The highest BCUT2D eigenvalue weighted by Gasteiger charge is 2.21. The second kappa shape index (κ2) is 14.5. The summed E-state index contributed by atoms with van der Waals surface area (Å²) in [6, 6.07) is 76.9. The van der Waals surface area contributed by atoms with Crippen LogP contribution in [0.4, 0.5) is 0 Å². The number of nitrogens with zero attached hydrogens (tertiary/aromatic N) is 4. The first-order valence-electron chi connectivity index (χ1n) is 21.6. The summed E-state index contributed by atoms with van der Waals surface area (Å²) in [6.45, 7) is 0. The van der Waals surface area contributed by atoms with Crippen LogP contribution < -0.4 is 0 Å². The highest BCUT2D eigenvalue weighted by molar-refractivity contribution is 6.22. The summed E-state index contributed by atoms with van der Waals surface area (Å²) in [6.07, 6.45) is 0. The average molecular weight is 817 g/mol. The molecule has 0 N–H and O–H groups in total. The van der Waals surface area contributed by atoms with Gasteiger partial charge in [0.05, 0.1) is 16.7 Å². The van der Waals surface area contributed by atoms with E-state index < -0.39 is 0 Å². The maximum atomic E-state index is 6.66. The Labute approximate surface area is 368 Å². The minimum absolute atomic E-state index is 0.595. The van der Waals surface area contributed by atoms with Gasteiger partial charge in [0.2, 0.25) is 0 Å². The number of hydrogen-bond acceptors (Lipinski definition) is 4. The van der Waals surface area contributed by atoms with E-state index in [4.69, 9.17) is 19.4 Å². The summed E-state index contributed by atoms with van der Waals surface area (Å²) in [5.74, 6) is 1.81. The quantitative estimate of drug-likeness (QED) is 0.168. The van der Waals surface area contributed by atoms with E-state index >= 15 is 0 Å². The standard InChI is InChI=1S/C59H36N4O/c1-3-13-37(14-4-1)39-23-27-41(28-24-39)57-60-58(42-29-25-40(26-30-42)38-15-5-2-6-16-38)62-59(61-57)45-31-32-47-50(34-45)53(36-55-56(47)48-20-10-12-22-54(48)64-55)63-51-21-11-9-19-46(51)49-33-43-17-7-8-18-44(43)35-52(49)63/h1-36H. The third-order valence-corrected chi connectivity index (χ3v) is 12.6. The Balaban J connectivity index is 1.05. The SMILES string of the molecule is c1ccc(-c2ccc(-c3nc(-c4ccc(-c5ccccc5)cc4)nc(-c4ccc5c(c4)c(-n4c6ccccc6c6cc7ccccc7cc64)cc4oc6ccccc6c45)n3)cc2)cc1. The molecule has 0 spiro atoms. The van der Waals surface area contributed by atoms with Crippen molar-refractivity contribution in [2.24, 2.45) is 0 Å². The molecule has 0 radical (unpaired) electrons. The monoisotopic (exact) mass is 816 g/mol. The molecular weight excluding hydrogens is 781 g/mol. The molecule has 10 aromatic carbocycles. The molecule has 0 atom stereocenters. The first-order valence-corrected chi connectivity index (χ1v) is 21.6. The first kappa shape index (κ1) is 36.0. The van der Waals surface area contributed by atoms with Gasteiger partial charge in [0.25, 0.3) is 0 Å². The number of furan rings is 1. The summed E-state index contributed by atoms with van der Waals surface area (Å²) in [7, 11) is 0. The molecule has 0 fully saturated rings. The van der Waals surface area contributed by atoms with Crippen molar-refractivity contribution in [2.75, 3.05) is 0 Å². The molecule has 0 unspecified atom stereocenters. The van der Waals surface area contributed by atoms with Gasteiger partial charge in [0.1, 0.15) is 11.2 Å². The minimum atomic E-state index is 0.595. The van der Waals surface area contributed by atoms with Crippen molar-refractivity contribution in [3.63, 3.8) is 0 Å². The zero-order chi connectivity index (χ0) is 42.1. The fraction of sp³-hybridized carbons (Fsp3) is 0. The predicted molar refractivity (Wildman–Crippen MR) is 264 cm³/mol. The summed E-state index contributed by atoms with van der Waals surface area (Å²) in [4.78, 5) is 15.7. The zero-order valence-electron chi connectivity index (χ0n) is 34.5. The van der Waals surface area contributed by atoms with Gasteiger partial charge in [0.15, 0.2) is 17.5 Å². The van der Waals surface area contributed by atoms with Crippen LogP contribution in [0.3, 0.4) is 0 Å². The van der Waals surface area contributed by atoms with Crippen molar-refractivity contribution >= 4 is 65.3 Å². The molecule has 0 amide bonds. The summed E-state index contributed by atoms with van der Waals surface area (Å²) in [5.41, 5.74) is 12.3. The molecule has 0 saturated heterocycles. The Morgan fingerprint density at radius 2 is 0.797 bits per heavy atom. The van der Waals surface area contributed by atoms with Crippen molar-refractivity contribution < 1.29 is 4.42 Å². The van der Waals surface area contributed by atoms with Gasteiger partial charge in [-0.2, -0.15) is 0 Å². The number of benzene rings is 10. The minimum Gasteiger partial charge on any atom is -0.456 e. The molecule has 0 aliphatic rings. The second-order valence-corrected chi connectivity index (χ2v) is 16.4. The average Bonchev–Trinajstić information content (AvgIpc) is 3.91. The van der Waals surface area contributed by atoms with Crippen LogP contribution in [0.25, 0.3) is 127 Å². The third kappa shape index (κ3) is 5.90. The zero-order valence-corrected chi connectivity index (χ0v) is 34.5. The van der Waals surface area contributed by atoms with Gasteiger partial charge in [-0.15, -0.1) is 0 Å². The molecule has 0 aliphatic heterocycles. The Morgan fingerprint density at radius 1 is 0.297 bits per heavy atom. The molecule has 5 heteroatoms. The normalized spacial score (nSPS) is 11.8. The molecule has 0 bridgehead atoms. The maximum absolute atomic E-state index is 6.66. The van der Waals surface area contributed by atoms with E-state index in [9.17, 15) is 0 Å². The van der Waals surface area contributed by atoms with Crippen LogP contribution in [-0.4, -0.2) is 19.5 Å². The highest BCUT2D eigenvalue weighted by atomic mass is 16.3. The Bertz CT molecular complexity index is 3830. The van der Waals surface area contributed by atoms with Crippen LogP contribution in [0, 0.1) is 0 Å². The van der Waals surface area contributed by atoms with Crippen LogP contribution in [-0.2, 0) is 0 Å². The van der Waals surface area contributed by atoms with Gasteiger partial charge in [-0.25, -0.2) is 15.0 Å². The van der Waals surface area contributed by atoms with Gasteiger partial charge in [-0.1, -0.05) is 182 Å². The summed E-state index contributed by atoms with van der Waals surface area (Å²) < 4.78 is 9.07. The molecule has 13 aromatic rings. The van der Waals surface area contributed by atoms with Gasteiger partial charge in [0, 0.05) is 49.7 Å². The Hall–Kier alpha value is -8.67. The number of rotatable bonds is 6. The van der Waals surface area contributed by atoms with Crippen LogP contribution in [0.15, 0.2) is 223 Å². The van der Waals surface area contributed by atoms with Gasteiger partial charge < -0.3 is 8.98 Å². The number of fused-ring (bicyclic) bond motifs is 9. The van der Waals surface area contributed by atoms with E-state index in [0.717, 1.165) is 88.4 Å². The smallest absolute Gasteiger partial charge is 0.164 e. The fourth-order valence-electron chi connectivity index (χ4n) is 9.51. The van der Waals surface area contributed by atoms with Crippen LogP contribution >= 0.6 is 0 Å². The van der Waals surface area contributed by atoms with E-state index in [0.29, 0.717) is 17.5 Å². The lowest BCUT2D eigenvalue weighted by Crippen LogP contribution is -2.01. The Morgan fingerprint density at radius 3 is 1.45 bits per heavy atom. The molecule has 13 rings (SSSR count). The van der Waals surface area contributed by atoms with Crippen molar-refractivity contribution in [3.05, 3.63) is 218 Å². The van der Waals surface area contributed by atoms with Crippen LogP contribution in [0.2, 0.25) is 0 Å². The maximum Gasteiger partial charge on any atom is 0.164 e. The third-order valence-electron chi connectivity index (χ3n) is 12.6. The molecular formula is C59H36N4O. The fourth-order valence-corrected chi connectivity index (χ4v) is 9.51. The van der Waals surface area contributed by atoms with E-state index in [1.165, 1.54) is 21.5 Å². The summed E-state index contributed by atoms with van der Waals surface area (Å²) >= 11 is 0. The number of aromatic nitrogens is 4. The van der Waals surface area contributed by atoms with E-state index in [1.807, 2.05) is 18.2 Å². The molecule has 298 valence electrons. The largest absolute Gasteiger partial charge is 0.456 e. The lowest BCUT2D eigenvalue weighted by Gasteiger charge is -2.15. The Kier molecular flexibility index (Phi) is 8.15. The lowest BCUT2D eigenvalue weighted by atomic mass is 9.99. The lowest BCUT2D eigenvalue weighted by molar-refractivity contribution is 0.669. The molecule has 64 heavy (non-hydrogen) atoms. The van der Waals surface area contributed by atoms with Crippen molar-refractivity contribution in [3.8, 4) is 62.1 Å². The number of hydrogen-bond donors (Lipinski definition) is 0. The van der Waals surface area contributed by atoms with Crippen molar-refractivity contribution in [1.29, 1.82) is 0 Å². The number of para-hydroxylation sites is 2. The van der Waals surface area contributed by atoms with E-state index in [2.05, 4.69) is 205 Å². The molecule has 3 aromatic heterocycles. The van der Waals surface area contributed by atoms with Crippen molar-refractivity contribution in [1.82, 2.24) is 19.5 Å². The topological polar surface area (TPSA) is 56.7 Å². The summed E-state index contributed by atoms with van der Waals surface area (Å²) in [5, 5.41) is 9.12. The molecule has 3 heterocycles. The predicted octanol–water partition coefficient (Wildman–Crippen LogP) is 15.5.